The number of guanidine groups is 1. The number of nitrogens with zero attached hydrogens (tertiary/aromatic N) is 1. The SMILES string of the molecule is CCOCCOCc1cccc(CNC(N)=NC)c1. The van der Waals surface area contributed by atoms with E-state index >= 15 is 0 Å². The van der Waals surface area contributed by atoms with Crippen molar-refractivity contribution in [1.29, 1.82) is 0 Å². The maximum Gasteiger partial charge on any atom is 0.188 e. The average Bonchev–Trinajstić information content (AvgIpc) is 2.45. The molecule has 0 aliphatic carbocycles. The Morgan fingerprint density at radius 2 is 2.00 bits per heavy atom. The zero-order chi connectivity index (χ0) is 13.9. The van der Waals surface area contributed by atoms with E-state index in [1.54, 1.807) is 7.05 Å². The van der Waals surface area contributed by atoms with Gasteiger partial charge in [-0.1, -0.05) is 24.3 Å². The normalized spacial score (nSPS) is 11.6. The number of ether oxygens (including phenoxy) is 2. The average molecular weight is 265 g/mol. The molecule has 1 aromatic carbocycles. The smallest absolute Gasteiger partial charge is 0.188 e. The summed E-state index contributed by atoms with van der Waals surface area (Å²) in [5.41, 5.74) is 7.88. The molecule has 0 bridgehead atoms. The molecular weight excluding hydrogens is 242 g/mol. The number of nitrogens with one attached hydrogen (secondary N) is 1. The van der Waals surface area contributed by atoms with Crippen LogP contribution in [0.5, 0.6) is 0 Å². The van der Waals surface area contributed by atoms with Crippen molar-refractivity contribution >= 4 is 5.96 Å². The van der Waals surface area contributed by atoms with Gasteiger partial charge in [0.05, 0.1) is 19.8 Å². The van der Waals surface area contributed by atoms with Crippen molar-refractivity contribution in [1.82, 2.24) is 5.32 Å². The van der Waals surface area contributed by atoms with Crippen molar-refractivity contribution in [2.45, 2.75) is 20.1 Å². The molecule has 0 aliphatic rings. The lowest BCUT2D eigenvalue weighted by atomic mass is 10.1. The number of hydrogen-bond donors (Lipinski definition) is 2. The van der Waals surface area contributed by atoms with Gasteiger partial charge in [-0.15, -0.1) is 0 Å². The highest BCUT2D eigenvalue weighted by Gasteiger charge is 1.98. The van der Waals surface area contributed by atoms with Crippen LogP contribution in [0.25, 0.3) is 0 Å². The van der Waals surface area contributed by atoms with Gasteiger partial charge in [-0.3, -0.25) is 4.99 Å². The van der Waals surface area contributed by atoms with Crippen LogP contribution in [0.3, 0.4) is 0 Å². The molecule has 3 N–H and O–H groups in total. The minimum absolute atomic E-state index is 0.443. The van der Waals surface area contributed by atoms with Gasteiger partial charge in [0.25, 0.3) is 0 Å². The topological polar surface area (TPSA) is 68.9 Å². The summed E-state index contributed by atoms with van der Waals surface area (Å²) in [6.45, 7) is 5.22. The Morgan fingerprint density at radius 1 is 1.26 bits per heavy atom. The molecule has 0 amide bonds. The Bertz CT molecular complexity index is 394. The van der Waals surface area contributed by atoms with Crippen LogP contribution in [0.1, 0.15) is 18.1 Å². The molecular formula is C14H23N3O2. The molecule has 19 heavy (non-hydrogen) atoms. The predicted molar refractivity (Wildman–Crippen MR) is 77.0 cm³/mol. The summed E-state index contributed by atoms with van der Waals surface area (Å²) in [5, 5.41) is 3.03. The molecule has 5 heteroatoms. The van der Waals surface area contributed by atoms with Crippen LogP contribution in [-0.2, 0) is 22.6 Å². The number of rotatable bonds is 8. The fourth-order valence-electron chi connectivity index (χ4n) is 1.55. The largest absolute Gasteiger partial charge is 0.379 e. The van der Waals surface area contributed by atoms with Gasteiger partial charge in [0.2, 0.25) is 0 Å². The first-order chi connectivity index (χ1) is 9.26. The highest BCUT2D eigenvalue weighted by atomic mass is 16.5. The fourth-order valence-corrected chi connectivity index (χ4v) is 1.55. The monoisotopic (exact) mass is 265 g/mol. The molecule has 0 unspecified atom stereocenters. The van der Waals surface area contributed by atoms with E-state index in [0.29, 0.717) is 32.3 Å². The first-order valence-corrected chi connectivity index (χ1v) is 6.45. The van der Waals surface area contributed by atoms with Crippen molar-refractivity contribution in [3.63, 3.8) is 0 Å². The third-order valence-corrected chi connectivity index (χ3v) is 2.55. The summed E-state index contributed by atoms with van der Waals surface area (Å²) < 4.78 is 10.7. The van der Waals surface area contributed by atoms with E-state index in [1.165, 1.54) is 0 Å². The maximum absolute atomic E-state index is 5.59. The van der Waals surface area contributed by atoms with E-state index in [0.717, 1.165) is 17.7 Å². The van der Waals surface area contributed by atoms with E-state index in [1.807, 2.05) is 25.1 Å². The first-order valence-electron chi connectivity index (χ1n) is 6.45. The molecule has 0 fully saturated rings. The van der Waals surface area contributed by atoms with Crippen LogP contribution in [0.4, 0.5) is 0 Å². The molecule has 5 nitrogen and oxygen atoms in total. The summed E-state index contributed by atoms with van der Waals surface area (Å²) >= 11 is 0. The summed E-state index contributed by atoms with van der Waals surface area (Å²) in [5.74, 6) is 0.443. The van der Waals surface area contributed by atoms with Crippen LogP contribution in [0.15, 0.2) is 29.3 Å². The minimum Gasteiger partial charge on any atom is -0.379 e. The van der Waals surface area contributed by atoms with Crippen molar-refractivity contribution in [3.8, 4) is 0 Å². The Balaban J connectivity index is 2.35. The highest BCUT2D eigenvalue weighted by molar-refractivity contribution is 5.77. The predicted octanol–water partition coefficient (Wildman–Crippen LogP) is 1.27. The number of hydrogen-bond acceptors (Lipinski definition) is 3. The number of aliphatic imine (C=N–C) groups is 1. The van der Waals surface area contributed by atoms with E-state index in [-0.39, 0.29) is 0 Å². The van der Waals surface area contributed by atoms with Crippen LogP contribution >= 0.6 is 0 Å². The van der Waals surface area contributed by atoms with Crippen molar-refractivity contribution in [2.75, 3.05) is 26.9 Å². The second kappa shape index (κ2) is 9.35. The van der Waals surface area contributed by atoms with Gasteiger partial charge in [-0.25, -0.2) is 0 Å². The van der Waals surface area contributed by atoms with Crippen LogP contribution < -0.4 is 11.1 Å². The van der Waals surface area contributed by atoms with Gasteiger partial charge >= 0.3 is 0 Å². The zero-order valence-corrected chi connectivity index (χ0v) is 11.7. The van der Waals surface area contributed by atoms with Gasteiger partial charge < -0.3 is 20.5 Å². The number of nitrogens with two attached hydrogens (primary N) is 1. The van der Waals surface area contributed by atoms with E-state index in [2.05, 4.69) is 16.4 Å². The maximum atomic E-state index is 5.59. The summed E-state index contributed by atoms with van der Waals surface area (Å²) in [7, 11) is 1.66. The Hall–Kier alpha value is -1.59. The molecule has 0 aliphatic heterocycles. The summed E-state index contributed by atoms with van der Waals surface area (Å²) in [6, 6.07) is 8.19. The second-order valence-electron chi connectivity index (χ2n) is 4.03. The molecule has 0 aromatic heterocycles. The summed E-state index contributed by atoms with van der Waals surface area (Å²) in [4.78, 5) is 3.85. The Morgan fingerprint density at radius 3 is 2.74 bits per heavy atom. The van der Waals surface area contributed by atoms with Crippen molar-refractivity contribution in [3.05, 3.63) is 35.4 Å². The lowest BCUT2D eigenvalue weighted by molar-refractivity contribution is 0.0453. The molecule has 0 radical (unpaired) electrons. The van der Waals surface area contributed by atoms with Crippen molar-refractivity contribution < 1.29 is 9.47 Å². The zero-order valence-electron chi connectivity index (χ0n) is 11.7. The molecule has 106 valence electrons. The van der Waals surface area contributed by atoms with E-state index in [9.17, 15) is 0 Å². The van der Waals surface area contributed by atoms with Crippen LogP contribution in [0.2, 0.25) is 0 Å². The lowest BCUT2D eigenvalue weighted by Gasteiger charge is -2.08. The minimum atomic E-state index is 0.443. The van der Waals surface area contributed by atoms with Crippen molar-refractivity contribution in [2.24, 2.45) is 10.7 Å². The lowest BCUT2D eigenvalue weighted by Crippen LogP contribution is -2.30. The third-order valence-electron chi connectivity index (χ3n) is 2.55. The molecule has 0 spiro atoms. The van der Waals surface area contributed by atoms with Gasteiger partial charge in [-0.2, -0.15) is 0 Å². The van der Waals surface area contributed by atoms with Gasteiger partial charge in [0.1, 0.15) is 0 Å². The number of benzene rings is 1. The van der Waals surface area contributed by atoms with Gasteiger partial charge in [-0.05, 0) is 18.1 Å². The highest BCUT2D eigenvalue weighted by Crippen LogP contribution is 2.06. The molecule has 0 saturated carbocycles. The van der Waals surface area contributed by atoms with E-state index < -0.39 is 0 Å². The quantitative estimate of drug-likeness (QED) is 0.422. The Labute approximate surface area is 114 Å². The third kappa shape index (κ3) is 6.79. The van der Waals surface area contributed by atoms with Gasteiger partial charge in [0.15, 0.2) is 5.96 Å². The van der Waals surface area contributed by atoms with Crippen LogP contribution in [-0.4, -0.2) is 32.8 Å². The standard InChI is InChI=1S/C14H23N3O2/c1-3-18-7-8-19-11-13-6-4-5-12(9-13)10-17-14(15)16-2/h4-6,9H,3,7-8,10-11H2,1-2H3,(H3,15,16,17). The molecule has 0 heterocycles. The first kappa shape index (κ1) is 15.5. The molecule has 1 aromatic rings. The van der Waals surface area contributed by atoms with E-state index in [4.69, 9.17) is 15.2 Å². The van der Waals surface area contributed by atoms with Gasteiger partial charge in [0, 0.05) is 20.2 Å². The van der Waals surface area contributed by atoms with Crippen LogP contribution in [0, 0.1) is 0 Å². The Kier molecular flexibility index (Phi) is 7.62. The summed E-state index contributed by atoms with van der Waals surface area (Å²) in [6.07, 6.45) is 0. The molecule has 1 rings (SSSR count). The molecule has 0 atom stereocenters. The second-order valence-corrected chi connectivity index (χ2v) is 4.03. The fraction of sp³-hybridized carbons (Fsp3) is 0.500. The molecule has 0 saturated heterocycles.